The van der Waals surface area contributed by atoms with Crippen LogP contribution in [-0.2, 0) is 0 Å². The average Bonchev–Trinajstić information content (AvgIpc) is 3.31. The van der Waals surface area contributed by atoms with Gasteiger partial charge < -0.3 is 24.8 Å². The third-order valence-electron chi connectivity index (χ3n) is 7.32. The Kier molecular flexibility index (Phi) is 6.99. The van der Waals surface area contributed by atoms with Gasteiger partial charge in [-0.2, -0.15) is 0 Å². The van der Waals surface area contributed by atoms with Crippen LogP contribution in [0.25, 0.3) is 33.3 Å². The van der Waals surface area contributed by atoms with E-state index in [9.17, 15) is 9.90 Å². The van der Waals surface area contributed by atoms with Gasteiger partial charge in [-0.05, 0) is 74.8 Å². The number of fused-ring (bicyclic) bond motifs is 1. The van der Waals surface area contributed by atoms with E-state index in [1.165, 1.54) is 11.3 Å². The van der Waals surface area contributed by atoms with Gasteiger partial charge in [0.05, 0.1) is 5.60 Å². The van der Waals surface area contributed by atoms with Crippen LogP contribution in [-0.4, -0.2) is 83.2 Å². The number of amides is 1. The van der Waals surface area contributed by atoms with Crippen LogP contribution in [0.1, 0.15) is 29.8 Å². The average molecular weight is 512 g/mol. The molecular formula is C31H37N5O2. The smallest absolute Gasteiger partial charge is 0.253 e. The van der Waals surface area contributed by atoms with Gasteiger partial charge in [0.2, 0.25) is 0 Å². The van der Waals surface area contributed by atoms with Crippen LogP contribution < -0.4 is 4.90 Å². The Morgan fingerprint density at radius 3 is 2.37 bits per heavy atom. The number of pyridine rings is 1. The van der Waals surface area contributed by atoms with Gasteiger partial charge in [0.1, 0.15) is 5.65 Å². The van der Waals surface area contributed by atoms with E-state index in [1.54, 1.807) is 25.8 Å². The van der Waals surface area contributed by atoms with E-state index in [2.05, 4.69) is 53.0 Å². The number of H-pyrrole nitrogens is 1. The van der Waals surface area contributed by atoms with Crippen LogP contribution in [0.3, 0.4) is 0 Å². The second-order valence-electron chi connectivity index (χ2n) is 11.2. The third-order valence-corrected chi connectivity index (χ3v) is 7.32. The van der Waals surface area contributed by atoms with Crippen molar-refractivity contribution in [3.8, 4) is 22.3 Å². The minimum Gasteiger partial charge on any atom is -0.389 e. The van der Waals surface area contributed by atoms with Crippen LogP contribution in [0.5, 0.6) is 0 Å². The molecule has 38 heavy (non-hydrogen) atoms. The lowest BCUT2D eigenvalue weighted by Gasteiger charge is -2.35. The largest absolute Gasteiger partial charge is 0.389 e. The molecule has 0 aliphatic carbocycles. The molecule has 0 spiro atoms. The Hall–Kier alpha value is -3.68. The maximum Gasteiger partial charge on any atom is 0.253 e. The van der Waals surface area contributed by atoms with Crippen LogP contribution in [0.15, 0.2) is 60.9 Å². The summed E-state index contributed by atoms with van der Waals surface area (Å²) < 4.78 is 0. The summed E-state index contributed by atoms with van der Waals surface area (Å²) in [7, 11) is 3.89. The molecular weight excluding hydrogens is 474 g/mol. The second kappa shape index (κ2) is 10.2. The standard InChI is InChI=1S/C31H37N5O2/c1-21-16-24(10-11-28(21)36-14-12-34(4)13-15-36)25-17-26-27(19-33-29(26)32-18-25)22-6-8-23(9-7-22)30(37)35(5)20-31(2,3)38/h6-11,16-19,38H,12-15,20H2,1-5H3,(H,32,33). The highest BCUT2D eigenvalue weighted by atomic mass is 16.3. The molecule has 1 aliphatic heterocycles. The normalized spacial score (nSPS) is 14.7. The summed E-state index contributed by atoms with van der Waals surface area (Å²) in [6.07, 6.45) is 3.90. The summed E-state index contributed by atoms with van der Waals surface area (Å²) in [6, 6.07) is 16.5. The molecule has 1 fully saturated rings. The SMILES string of the molecule is Cc1cc(-c2cnc3[nH]cc(-c4ccc(C(=O)N(C)CC(C)(C)O)cc4)c3c2)ccc1N1CCN(C)CC1. The number of carbonyl (C=O) groups is 1. The van der Waals surface area contributed by atoms with E-state index in [0.717, 1.165) is 59.5 Å². The first-order chi connectivity index (χ1) is 18.1. The summed E-state index contributed by atoms with van der Waals surface area (Å²) in [5, 5.41) is 11.1. The van der Waals surface area contributed by atoms with Gasteiger partial charge in [0.25, 0.3) is 5.91 Å². The van der Waals surface area contributed by atoms with Crippen molar-refractivity contribution in [2.24, 2.45) is 0 Å². The number of nitrogens with zero attached hydrogens (tertiary/aromatic N) is 4. The zero-order valence-corrected chi connectivity index (χ0v) is 23.0. The minimum absolute atomic E-state index is 0.114. The lowest BCUT2D eigenvalue weighted by Crippen LogP contribution is -2.44. The van der Waals surface area contributed by atoms with E-state index in [1.807, 2.05) is 36.7 Å². The summed E-state index contributed by atoms with van der Waals surface area (Å²) in [4.78, 5) is 27.2. The van der Waals surface area contributed by atoms with Gasteiger partial charge in [-0.3, -0.25) is 4.79 Å². The predicted octanol–water partition coefficient (Wildman–Crippen LogP) is 4.80. The number of hydrogen-bond donors (Lipinski definition) is 2. The fourth-order valence-electron chi connectivity index (χ4n) is 5.30. The molecule has 0 bridgehead atoms. The number of aliphatic hydroxyl groups is 1. The zero-order valence-electron chi connectivity index (χ0n) is 23.0. The lowest BCUT2D eigenvalue weighted by molar-refractivity contribution is 0.0368. The Bertz CT molecular complexity index is 1440. The Balaban J connectivity index is 1.39. The maximum atomic E-state index is 12.8. The molecule has 7 nitrogen and oxygen atoms in total. The molecule has 3 heterocycles. The highest BCUT2D eigenvalue weighted by Crippen LogP contribution is 2.33. The number of aromatic amines is 1. The molecule has 198 valence electrons. The lowest BCUT2D eigenvalue weighted by atomic mass is 9.99. The van der Waals surface area contributed by atoms with E-state index in [-0.39, 0.29) is 12.5 Å². The second-order valence-corrected chi connectivity index (χ2v) is 11.2. The number of rotatable bonds is 6. The van der Waals surface area contributed by atoms with Gasteiger partial charge in [-0.25, -0.2) is 4.98 Å². The molecule has 7 heteroatoms. The highest BCUT2D eigenvalue weighted by Gasteiger charge is 2.21. The van der Waals surface area contributed by atoms with Crippen molar-refractivity contribution in [2.45, 2.75) is 26.4 Å². The number of piperazine rings is 1. The van der Waals surface area contributed by atoms with Crippen molar-refractivity contribution in [3.05, 3.63) is 72.1 Å². The molecule has 2 N–H and O–H groups in total. The number of hydrogen-bond acceptors (Lipinski definition) is 5. The first-order valence-electron chi connectivity index (χ1n) is 13.2. The molecule has 1 amide bonds. The van der Waals surface area contributed by atoms with Crippen molar-refractivity contribution >= 4 is 22.6 Å². The quantitative estimate of drug-likeness (QED) is 0.389. The Morgan fingerprint density at radius 1 is 1.03 bits per heavy atom. The van der Waals surface area contributed by atoms with Gasteiger partial charge in [0, 0.05) is 79.9 Å². The molecule has 4 aromatic rings. The van der Waals surface area contributed by atoms with Gasteiger partial charge in [-0.15, -0.1) is 0 Å². The molecule has 2 aromatic heterocycles. The first-order valence-corrected chi connectivity index (χ1v) is 13.2. The summed E-state index contributed by atoms with van der Waals surface area (Å²) >= 11 is 0. The predicted molar refractivity (Wildman–Crippen MR) is 155 cm³/mol. The van der Waals surface area contributed by atoms with Crippen LogP contribution in [0, 0.1) is 6.92 Å². The number of benzene rings is 2. The van der Waals surface area contributed by atoms with E-state index in [4.69, 9.17) is 4.98 Å². The summed E-state index contributed by atoms with van der Waals surface area (Å²) in [5.74, 6) is -0.114. The van der Waals surface area contributed by atoms with Crippen LogP contribution >= 0.6 is 0 Å². The molecule has 0 atom stereocenters. The third kappa shape index (κ3) is 5.44. The number of likely N-dealkylation sites (N-methyl/N-ethyl adjacent to an activating group) is 2. The molecule has 1 aliphatic rings. The molecule has 0 unspecified atom stereocenters. The van der Waals surface area contributed by atoms with E-state index >= 15 is 0 Å². The number of carbonyl (C=O) groups excluding carboxylic acids is 1. The van der Waals surface area contributed by atoms with Crippen molar-refractivity contribution < 1.29 is 9.90 Å². The Labute approximate surface area is 224 Å². The number of nitrogens with one attached hydrogen (secondary N) is 1. The van der Waals surface area contributed by atoms with Crippen LogP contribution in [0.2, 0.25) is 0 Å². The van der Waals surface area contributed by atoms with Gasteiger partial charge in [-0.1, -0.05) is 18.2 Å². The molecule has 0 radical (unpaired) electrons. The van der Waals surface area contributed by atoms with Gasteiger partial charge >= 0.3 is 0 Å². The molecule has 5 rings (SSSR count). The molecule has 1 saturated heterocycles. The van der Waals surface area contributed by atoms with Crippen molar-refractivity contribution in [1.82, 2.24) is 19.8 Å². The topological polar surface area (TPSA) is 75.7 Å². The molecule has 2 aromatic carbocycles. The fourth-order valence-corrected chi connectivity index (χ4v) is 5.30. The highest BCUT2D eigenvalue weighted by molar-refractivity contribution is 5.98. The summed E-state index contributed by atoms with van der Waals surface area (Å²) in [6.45, 7) is 10.1. The first kappa shape index (κ1) is 25.9. The zero-order chi connectivity index (χ0) is 27.0. The van der Waals surface area contributed by atoms with Crippen molar-refractivity contribution in [3.63, 3.8) is 0 Å². The van der Waals surface area contributed by atoms with Crippen molar-refractivity contribution in [2.75, 3.05) is 51.7 Å². The van der Waals surface area contributed by atoms with E-state index < -0.39 is 5.60 Å². The fraction of sp³-hybridized carbons (Fsp3) is 0.355. The Morgan fingerprint density at radius 2 is 1.71 bits per heavy atom. The number of aromatic nitrogens is 2. The molecule has 0 saturated carbocycles. The number of anilines is 1. The van der Waals surface area contributed by atoms with Crippen molar-refractivity contribution in [1.29, 1.82) is 0 Å². The number of aryl methyl sites for hydroxylation is 1. The maximum absolute atomic E-state index is 12.8. The summed E-state index contributed by atoms with van der Waals surface area (Å²) in [5.41, 5.74) is 7.35. The van der Waals surface area contributed by atoms with E-state index in [0.29, 0.717) is 5.56 Å². The minimum atomic E-state index is -0.942. The van der Waals surface area contributed by atoms with Crippen LogP contribution in [0.4, 0.5) is 5.69 Å². The monoisotopic (exact) mass is 511 g/mol. The van der Waals surface area contributed by atoms with Gasteiger partial charge in [0.15, 0.2) is 0 Å².